The number of amides is 1. The summed E-state index contributed by atoms with van der Waals surface area (Å²) in [6.07, 6.45) is 10.6. The molecule has 2 aliphatic rings. The largest absolute Gasteiger partial charge is 0.465 e. The lowest BCUT2D eigenvalue weighted by atomic mass is 9.92. The van der Waals surface area contributed by atoms with Gasteiger partial charge in [-0.25, -0.2) is 4.79 Å². The zero-order chi connectivity index (χ0) is 22.5. The predicted molar refractivity (Wildman–Crippen MR) is 109 cm³/mol. The van der Waals surface area contributed by atoms with Crippen molar-refractivity contribution >= 4 is 17.7 Å². The number of aliphatic hydroxyl groups excluding tert-OH is 1. The lowest BCUT2D eigenvalue weighted by molar-refractivity contribution is -0.138. The van der Waals surface area contributed by atoms with Gasteiger partial charge in [0.05, 0.1) is 12.7 Å². The first-order valence-electron chi connectivity index (χ1n) is 9.49. The molecule has 8 heteroatoms. The number of hydrogen-bond donors (Lipinski definition) is 3. The second kappa shape index (κ2) is 9.34. The number of carbonyl (C=O) groups is 3. The lowest BCUT2D eigenvalue weighted by Crippen LogP contribution is -2.48. The third-order valence-corrected chi connectivity index (χ3v) is 4.95. The summed E-state index contributed by atoms with van der Waals surface area (Å²) < 4.78 is 9.97. The minimum atomic E-state index is -1.74. The molecular formula is C22H27NO7. The van der Waals surface area contributed by atoms with Gasteiger partial charge < -0.3 is 25.0 Å². The Morgan fingerprint density at radius 3 is 2.53 bits per heavy atom. The van der Waals surface area contributed by atoms with Crippen molar-refractivity contribution in [1.82, 2.24) is 5.32 Å². The quantitative estimate of drug-likeness (QED) is 0.168. The third-order valence-electron chi connectivity index (χ3n) is 4.95. The molecule has 8 nitrogen and oxygen atoms in total. The maximum absolute atomic E-state index is 12.7. The van der Waals surface area contributed by atoms with Crippen molar-refractivity contribution in [2.45, 2.75) is 44.6 Å². The Hall–Kier alpha value is -2.81. The normalized spacial score (nSPS) is 29.3. The summed E-state index contributed by atoms with van der Waals surface area (Å²) in [6.45, 7) is 4.78. The molecule has 2 rings (SSSR count). The number of esters is 1. The van der Waals surface area contributed by atoms with E-state index in [1.54, 1.807) is 56.4 Å². The Morgan fingerprint density at radius 1 is 1.27 bits per heavy atom. The second-order valence-corrected chi connectivity index (χ2v) is 7.13. The van der Waals surface area contributed by atoms with Crippen molar-refractivity contribution in [3.8, 4) is 0 Å². The average molecular weight is 417 g/mol. The van der Waals surface area contributed by atoms with E-state index in [1.165, 1.54) is 7.11 Å². The van der Waals surface area contributed by atoms with Crippen molar-refractivity contribution in [2.24, 2.45) is 0 Å². The van der Waals surface area contributed by atoms with Crippen LogP contribution in [0.2, 0.25) is 0 Å². The number of morpholine rings is 1. The van der Waals surface area contributed by atoms with Crippen LogP contribution in [0.3, 0.4) is 0 Å². The Labute approximate surface area is 175 Å². The molecule has 2 fully saturated rings. The molecule has 0 aromatic heterocycles. The highest BCUT2D eigenvalue weighted by Crippen LogP contribution is 2.50. The summed E-state index contributed by atoms with van der Waals surface area (Å²) in [5.41, 5.74) is -1.89. The maximum Gasteiger partial charge on any atom is 0.337 e. The van der Waals surface area contributed by atoms with Crippen LogP contribution in [0.4, 0.5) is 0 Å². The van der Waals surface area contributed by atoms with E-state index in [4.69, 9.17) is 9.84 Å². The van der Waals surface area contributed by atoms with Crippen LogP contribution in [0.15, 0.2) is 59.3 Å². The van der Waals surface area contributed by atoms with Crippen molar-refractivity contribution in [1.29, 1.82) is 0 Å². The zero-order valence-corrected chi connectivity index (χ0v) is 17.5. The first kappa shape index (κ1) is 23.5. The number of fused-ring (bicyclic) bond motifs is 1. The smallest absolute Gasteiger partial charge is 0.337 e. The molecule has 3 atom stereocenters. The molecule has 162 valence electrons. The van der Waals surface area contributed by atoms with Gasteiger partial charge in [0.25, 0.3) is 5.91 Å². The van der Waals surface area contributed by atoms with E-state index >= 15 is 0 Å². The van der Waals surface area contributed by atoms with Gasteiger partial charge in [0.1, 0.15) is 0 Å². The Balaban J connectivity index is 2.01. The fourth-order valence-corrected chi connectivity index (χ4v) is 3.26. The molecule has 2 heterocycles. The van der Waals surface area contributed by atoms with Gasteiger partial charge in [0.15, 0.2) is 11.8 Å². The van der Waals surface area contributed by atoms with E-state index < -0.39 is 35.1 Å². The number of Topliss-reactive ketones (excluding diaryl/α,β-unsaturated/α-hetero) is 1. The molecule has 3 N–H and O–H groups in total. The molecule has 0 radical (unpaired) electrons. The Bertz CT molecular complexity index is 880. The van der Waals surface area contributed by atoms with Gasteiger partial charge in [-0.1, -0.05) is 42.0 Å². The highest BCUT2D eigenvalue weighted by molar-refractivity contribution is 6.21. The van der Waals surface area contributed by atoms with Gasteiger partial charge in [0.2, 0.25) is 11.4 Å². The van der Waals surface area contributed by atoms with Crippen molar-refractivity contribution in [2.75, 3.05) is 13.7 Å². The fraction of sp³-hybridized carbons (Fsp3) is 0.409. The van der Waals surface area contributed by atoms with Crippen LogP contribution in [-0.4, -0.2) is 59.0 Å². The van der Waals surface area contributed by atoms with E-state index in [0.29, 0.717) is 11.1 Å². The molecule has 0 spiro atoms. The van der Waals surface area contributed by atoms with Gasteiger partial charge in [-0.15, -0.1) is 0 Å². The zero-order valence-electron chi connectivity index (χ0n) is 17.5. The van der Waals surface area contributed by atoms with E-state index in [-0.39, 0.29) is 13.0 Å². The fourth-order valence-electron chi connectivity index (χ4n) is 3.26. The van der Waals surface area contributed by atoms with Crippen LogP contribution in [0.1, 0.15) is 27.2 Å². The minimum Gasteiger partial charge on any atom is -0.465 e. The summed E-state index contributed by atoms with van der Waals surface area (Å²) in [4.78, 5) is 36.5. The average Bonchev–Trinajstić information content (AvgIpc) is 3.44. The lowest BCUT2D eigenvalue weighted by Gasteiger charge is -2.22. The number of carbonyl (C=O) groups excluding carboxylic acids is 3. The molecule has 1 amide bonds. The van der Waals surface area contributed by atoms with E-state index in [9.17, 15) is 19.5 Å². The summed E-state index contributed by atoms with van der Waals surface area (Å²) in [6, 6.07) is 0. The number of rotatable bonds is 9. The molecule has 0 aromatic rings. The molecule has 2 saturated heterocycles. The summed E-state index contributed by atoms with van der Waals surface area (Å²) in [7, 11) is 1.32. The van der Waals surface area contributed by atoms with Crippen LogP contribution < -0.4 is 5.32 Å². The third kappa shape index (κ3) is 4.51. The number of aliphatic hydroxyl groups is 2. The van der Waals surface area contributed by atoms with Crippen LogP contribution >= 0.6 is 0 Å². The van der Waals surface area contributed by atoms with Gasteiger partial charge in [-0.3, -0.25) is 9.59 Å². The van der Waals surface area contributed by atoms with Crippen molar-refractivity contribution in [3.05, 3.63) is 59.3 Å². The standard InChI is InChI=1S/C22H27NO7/c1-5-16(18(26)29-4)13-14(2)9-7-6-8-10-15(3)17(25)22-19(30-22)21(28,11-12-24)23-20(22)27/h5-10,13,19,24,28H,11-12H2,1-4H3,(H,23,27)/b8-6+,9-7+,14-13+,15-10+,16-5+/t19-,21?,22-/m0/s1. The Kier molecular flexibility index (Phi) is 7.30. The van der Waals surface area contributed by atoms with E-state index in [1.807, 2.05) is 6.92 Å². The molecule has 0 aromatic carbocycles. The molecule has 1 unspecified atom stereocenters. The molecule has 0 bridgehead atoms. The molecule has 0 saturated carbocycles. The minimum absolute atomic E-state index is 0.121. The molecule has 0 aliphatic carbocycles. The number of hydrogen-bond acceptors (Lipinski definition) is 7. The first-order chi connectivity index (χ1) is 14.2. The van der Waals surface area contributed by atoms with Crippen molar-refractivity contribution < 1.29 is 34.1 Å². The molecule has 2 aliphatic heterocycles. The second-order valence-electron chi connectivity index (χ2n) is 7.13. The van der Waals surface area contributed by atoms with Gasteiger partial charge in [-0.05, 0) is 32.4 Å². The van der Waals surface area contributed by atoms with Crippen LogP contribution in [0.5, 0.6) is 0 Å². The maximum atomic E-state index is 12.7. The first-order valence-corrected chi connectivity index (χ1v) is 9.49. The van der Waals surface area contributed by atoms with Crippen LogP contribution in [-0.2, 0) is 23.9 Å². The summed E-state index contributed by atoms with van der Waals surface area (Å²) in [5, 5.41) is 21.7. The monoisotopic (exact) mass is 417 g/mol. The number of ketones is 1. The number of nitrogens with one attached hydrogen (secondary N) is 1. The SMILES string of the molecule is C\C=C(/C=C(C)/C=C/C=C/C=C(\C)C(=O)[C@]12O[C@H]1C(O)(CCO)NC2=O)C(=O)OC. The van der Waals surface area contributed by atoms with Crippen molar-refractivity contribution in [3.63, 3.8) is 0 Å². The predicted octanol–water partition coefficient (Wildman–Crippen LogP) is 1.02. The number of methoxy groups -OCH3 is 1. The van der Waals surface area contributed by atoms with E-state index in [0.717, 1.165) is 5.57 Å². The number of allylic oxidation sites excluding steroid dienone is 7. The number of ether oxygens (including phenoxy) is 2. The molecule has 30 heavy (non-hydrogen) atoms. The van der Waals surface area contributed by atoms with Crippen LogP contribution in [0, 0.1) is 0 Å². The Morgan fingerprint density at radius 2 is 1.97 bits per heavy atom. The van der Waals surface area contributed by atoms with E-state index in [2.05, 4.69) is 10.1 Å². The topological polar surface area (TPSA) is 125 Å². The van der Waals surface area contributed by atoms with Gasteiger partial charge in [0, 0.05) is 13.0 Å². The highest BCUT2D eigenvalue weighted by atomic mass is 16.6. The summed E-state index contributed by atoms with van der Waals surface area (Å²) in [5.74, 6) is -1.64. The van der Waals surface area contributed by atoms with Gasteiger partial charge >= 0.3 is 5.97 Å². The van der Waals surface area contributed by atoms with Gasteiger partial charge in [-0.2, -0.15) is 0 Å². The van der Waals surface area contributed by atoms with Crippen LogP contribution in [0.25, 0.3) is 0 Å². The summed E-state index contributed by atoms with van der Waals surface area (Å²) >= 11 is 0. The number of epoxide rings is 1. The highest BCUT2D eigenvalue weighted by Gasteiger charge is 2.80. The molecular weight excluding hydrogens is 390 g/mol.